The van der Waals surface area contributed by atoms with Crippen LogP contribution >= 0.6 is 0 Å². The summed E-state index contributed by atoms with van der Waals surface area (Å²) < 4.78 is 27.1. The molecule has 20 heavy (non-hydrogen) atoms. The van der Waals surface area contributed by atoms with Crippen LogP contribution in [0, 0.1) is 19.8 Å². The summed E-state index contributed by atoms with van der Waals surface area (Å²) in [6.07, 6.45) is 1.77. The van der Waals surface area contributed by atoms with Gasteiger partial charge in [-0.2, -0.15) is 9.40 Å². The Morgan fingerprint density at radius 1 is 1.40 bits per heavy atom. The van der Waals surface area contributed by atoms with Crippen LogP contribution in [0.25, 0.3) is 0 Å². The second-order valence-corrected chi connectivity index (χ2v) is 7.36. The standard InChI is InChI=1S/C12H17N3O4S/c1-6-11(7(2)14-13-6)20(18,19)15-8-3-4-10(15)9(5-8)12(16)17/h8-10H,3-5H2,1-2H3,(H,13,14)(H,16,17). The molecule has 2 saturated heterocycles. The molecule has 3 rings (SSSR count). The molecule has 3 atom stereocenters. The first-order valence-corrected chi connectivity index (χ1v) is 8.06. The maximum absolute atomic E-state index is 12.8. The molecule has 2 aliphatic rings. The van der Waals surface area contributed by atoms with Gasteiger partial charge in [-0.25, -0.2) is 8.42 Å². The molecule has 0 spiro atoms. The van der Waals surface area contributed by atoms with Crippen molar-refractivity contribution in [2.75, 3.05) is 0 Å². The number of hydrogen-bond acceptors (Lipinski definition) is 4. The van der Waals surface area contributed by atoms with E-state index in [0.717, 1.165) is 6.42 Å². The number of hydrogen-bond donors (Lipinski definition) is 2. The summed E-state index contributed by atoms with van der Waals surface area (Å²) in [4.78, 5) is 11.4. The van der Waals surface area contributed by atoms with Gasteiger partial charge in [-0.05, 0) is 33.1 Å². The van der Waals surface area contributed by atoms with Crippen LogP contribution in [0.5, 0.6) is 0 Å². The quantitative estimate of drug-likeness (QED) is 0.853. The molecule has 1 aromatic rings. The lowest BCUT2D eigenvalue weighted by Gasteiger charge is -2.22. The molecule has 0 radical (unpaired) electrons. The number of aliphatic carboxylic acids is 1. The molecule has 0 amide bonds. The number of aromatic nitrogens is 2. The van der Waals surface area contributed by atoms with Gasteiger partial charge in [-0.3, -0.25) is 9.89 Å². The third kappa shape index (κ3) is 1.71. The van der Waals surface area contributed by atoms with Crippen LogP contribution in [-0.4, -0.2) is 46.1 Å². The van der Waals surface area contributed by atoms with E-state index in [4.69, 9.17) is 0 Å². The lowest BCUT2D eigenvalue weighted by Crippen LogP contribution is -2.38. The molecule has 2 bridgehead atoms. The minimum absolute atomic E-state index is 0.195. The fourth-order valence-corrected chi connectivity index (χ4v) is 5.86. The van der Waals surface area contributed by atoms with E-state index in [0.29, 0.717) is 24.2 Å². The van der Waals surface area contributed by atoms with Gasteiger partial charge in [0.1, 0.15) is 4.90 Å². The van der Waals surface area contributed by atoms with Gasteiger partial charge in [0.15, 0.2) is 0 Å². The van der Waals surface area contributed by atoms with E-state index in [1.165, 1.54) is 4.31 Å². The van der Waals surface area contributed by atoms with E-state index in [2.05, 4.69) is 10.2 Å². The molecule has 8 heteroatoms. The Kier molecular flexibility index (Phi) is 2.91. The average molecular weight is 299 g/mol. The Bertz CT molecular complexity index is 647. The van der Waals surface area contributed by atoms with E-state index < -0.39 is 28.0 Å². The average Bonchev–Trinajstić information content (AvgIpc) is 3.02. The lowest BCUT2D eigenvalue weighted by molar-refractivity contribution is -0.142. The Labute approximate surface area is 117 Å². The number of sulfonamides is 1. The number of aryl methyl sites for hydroxylation is 2. The second kappa shape index (κ2) is 4.29. The smallest absolute Gasteiger partial charge is 0.308 e. The molecule has 0 aliphatic carbocycles. The highest BCUT2D eigenvalue weighted by atomic mass is 32.2. The van der Waals surface area contributed by atoms with Crippen LogP contribution in [0.2, 0.25) is 0 Å². The SMILES string of the molecule is Cc1n[nH]c(C)c1S(=O)(=O)N1C2CCC1C(C(=O)O)C2. The van der Waals surface area contributed by atoms with Crippen molar-refractivity contribution in [3.63, 3.8) is 0 Å². The first kappa shape index (κ1) is 13.6. The highest BCUT2D eigenvalue weighted by Gasteiger charge is 2.55. The number of carbonyl (C=O) groups is 1. The third-order valence-corrected chi connectivity index (χ3v) is 6.63. The topological polar surface area (TPSA) is 103 Å². The highest BCUT2D eigenvalue weighted by molar-refractivity contribution is 7.89. The van der Waals surface area contributed by atoms with Crippen molar-refractivity contribution in [2.24, 2.45) is 5.92 Å². The first-order valence-electron chi connectivity index (χ1n) is 6.62. The van der Waals surface area contributed by atoms with Crippen LogP contribution in [-0.2, 0) is 14.8 Å². The fourth-order valence-electron chi connectivity index (χ4n) is 3.60. The number of carboxylic acid groups (broad SMARTS) is 1. The molecule has 1 aromatic heterocycles. The summed E-state index contributed by atoms with van der Waals surface area (Å²) in [5, 5.41) is 15.8. The van der Waals surface area contributed by atoms with Crippen molar-refractivity contribution in [3.8, 4) is 0 Å². The van der Waals surface area contributed by atoms with Crippen molar-refractivity contribution in [1.82, 2.24) is 14.5 Å². The summed E-state index contributed by atoms with van der Waals surface area (Å²) in [6.45, 7) is 3.31. The number of nitrogens with one attached hydrogen (secondary N) is 1. The van der Waals surface area contributed by atoms with Crippen LogP contribution < -0.4 is 0 Å². The first-order chi connectivity index (χ1) is 9.34. The van der Waals surface area contributed by atoms with Crippen molar-refractivity contribution in [3.05, 3.63) is 11.4 Å². The zero-order valence-electron chi connectivity index (χ0n) is 11.3. The number of aromatic amines is 1. The molecule has 2 N–H and O–H groups in total. The molecule has 3 heterocycles. The van der Waals surface area contributed by atoms with Gasteiger partial charge in [0, 0.05) is 12.1 Å². The number of fused-ring (bicyclic) bond motifs is 2. The van der Waals surface area contributed by atoms with Crippen LogP contribution in [0.3, 0.4) is 0 Å². The van der Waals surface area contributed by atoms with Gasteiger partial charge in [-0.15, -0.1) is 0 Å². The minimum atomic E-state index is -3.68. The van der Waals surface area contributed by atoms with Crippen molar-refractivity contribution in [2.45, 2.75) is 50.1 Å². The van der Waals surface area contributed by atoms with Crippen molar-refractivity contribution >= 4 is 16.0 Å². The van der Waals surface area contributed by atoms with E-state index in [9.17, 15) is 18.3 Å². The molecule has 0 aromatic carbocycles. The van der Waals surface area contributed by atoms with Gasteiger partial charge in [-0.1, -0.05) is 0 Å². The van der Waals surface area contributed by atoms with Gasteiger partial charge in [0.2, 0.25) is 10.0 Å². The Hall–Kier alpha value is -1.41. The zero-order chi connectivity index (χ0) is 14.7. The van der Waals surface area contributed by atoms with E-state index >= 15 is 0 Å². The van der Waals surface area contributed by atoms with Crippen molar-refractivity contribution in [1.29, 1.82) is 0 Å². The third-order valence-electron chi connectivity index (χ3n) is 4.39. The maximum atomic E-state index is 12.8. The van der Waals surface area contributed by atoms with Crippen LogP contribution in [0.15, 0.2) is 4.90 Å². The summed E-state index contributed by atoms with van der Waals surface area (Å²) in [5.41, 5.74) is 0.932. The summed E-state index contributed by atoms with van der Waals surface area (Å²) in [6, 6.07) is -0.615. The van der Waals surface area contributed by atoms with E-state index in [-0.39, 0.29) is 10.9 Å². The van der Waals surface area contributed by atoms with Gasteiger partial charge < -0.3 is 5.11 Å². The molecular weight excluding hydrogens is 282 g/mol. The molecular formula is C12H17N3O4S. The molecule has 0 saturated carbocycles. The van der Waals surface area contributed by atoms with E-state index in [1.807, 2.05) is 0 Å². The number of H-pyrrole nitrogens is 1. The summed E-state index contributed by atoms with van der Waals surface area (Å²) in [7, 11) is -3.68. The van der Waals surface area contributed by atoms with Crippen LogP contribution in [0.1, 0.15) is 30.7 Å². The molecule has 110 valence electrons. The number of rotatable bonds is 3. The Morgan fingerprint density at radius 2 is 2.10 bits per heavy atom. The van der Waals surface area contributed by atoms with E-state index in [1.54, 1.807) is 13.8 Å². The predicted octanol–water partition coefficient (Wildman–Crippen LogP) is 0.653. The van der Waals surface area contributed by atoms with Gasteiger partial charge in [0.05, 0.1) is 17.3 Å². The lowest BCUT2D eigenvalue weighted by atomic mass is 9.89. The fraction of sp³-hybridized carbons (Fsp3) is 0.667. The summed E-state index contributed by atoms with van der Waals surface area (Å²) in [5.74, 6) is -1.49. The summed E-state index contributed by atoms with van der Waals surface area (Å²) >= 11 is 0. The predicted molar refractivity (Wildman–Crippen MR) is 69.6 cm³/mol. The molecule has 2 fully saturated rings. The number of carboxylic acids is 1. The maximum Gasteiger partial charge on any atom is 0.308 e. The minimum Gasteiger partial charge on any atom is -0.481 e. The highest BCUT2D eigenvalue weighted by Crippen LogP contribution is 2.45. The largest absolute Gasteiger partial charge is 0.481 e. The van der Waals surface area contributed by atoms with Crippen molar-refractivity contribution < 1.29 is 18.3 Å². The molecule has 2 aliphatic heterocycles. The Morgan fingerprint density at radius 3 is 2.60 bits per heavy atom. The zero-order valence-corrected chi connectivity index (χ0v) is 12.1. The van der Waals surface area contributed by atoms with Gasteiger partial charge in [0.25, 0.3) is 0 Å². The number of nitrogens with zero attached hydrogens (tertiary/aromatic N) is 2. The monoisotopic (exact) mass is 299 g/mol. The molecule has 3 unspecified atom stereocenters. The second-order valence-electron chi connectivity index (χ2n) is 5.58. The molecule has 7 nitrogen and oxygen atoms in total. The Balaban J connectivity index is 2.04. The van der Waals surface area contributed by atoms with Crippen LogP contribution in [0.4, 0.5) is 0 Å². The normalized spacial score (nSPS) is 30.0. The van der Waals surface area contributed by atoms with Gasteiger partial charge >= 0.3 is 5.97 Å².